The van der Waals surface area contributed by atoms with Crippen molar-refractivity contribution in [3.05, 3.63) is 11.6 Å². The van der Waals surface area contributed by atoms with Crippen molar-refractivity contribution in [1.29, 1.82) is 0 Å². The van der Waals surface area contributed by atoms with Gasteiger partial charge < -0.3 is 19.6 Å². The zero-order valence-electron chi connectivity index (χ0n) is 9.93. The van der Waals surface area contributed by atoms with Crippen LogP contribution in [0.2, 0.25) is 0 Å². The molecule has 17 heavy (non-hydrogen) atoms. The summed E-state index contributed by atoms with van der Waals surface area (Å²) in [6.07, 6.45) is 1.00. The minimum absolute atomic E-state index is 0.0120. The van der Waals surface area contributed by atoms with Crippen molar-refractivity contribution >= 4 is 11.9 Å². The minimum atomic E-state index is -0.549. The van der Waals surface area contributed by atoms with Crippen LogP contribution in [0.4, 0.5) is 5.88 Å². The summed E-state index contributed by atoms with van der Waals surface area (Å²) < 4.78 is 15.6. The number of nitrogens with zero attached hydrogens (tertiary/aromatic N) is 1. The van der Waals surface area contributed by atoms with Gasteiger partial charge in [0.2, 0.25) is 17.5 Å². The number of carbonyl (C=O) groups is 1. The first-order valence-electron chi connectivity index (χ1n) is 5.66. The molecule has 6 heteroatoms. The third-order valence-corrected chi connectivity index (χ3v) is 2.69. The summed E-state index contributed by atoms with van der Waals surface area (Å²) in [7, 11) is 0. The Bertz CT molecular complexity index is 416. The number of carbonyl (C=O) groups excluding carboxylic acids is 1. The number of ether oxygens (including phenoxy) is 2. The molecule has 0 amide bonds. The minimum Gasteiger partial charge on any atom is -0.461 e. The normalized spacial score (nSPS) is 23.9. The lowest BCUT2D eigenvalue weighted by Gasteiger charge is -1.99. The molecule has 94 valence electrons. The maximum absolute atomic E-state index is 11.5. The highest BCUT2D eigenvalue weighted by Gasteiger charge is 2.30. The Balaban J connectivity index is 2.15. The molecule has 1 aromatic heterocycles. The summed E-state index contributed by atoms with van der Waals surface area (Å²) >= 11 is 0. The molecule has 0 spiro atoms. The van der Waals surface area contributed by atoms with E-state index in [0.29, 0.717) is 12.5 Å². The molecule has 2 heterocycles. The number of oxazole rings is 1. The molecule has 6 nitrogen and oxygen atoms in total. The van der Waals surface area contributed by atoms with Gasteiger partial charge in [0, 0.05) is 0 Å². The lowest BCUT2D eigenvalue weighted by molar-refractivity contribution is 0.0521. The molecular weight excluding hydrogens is 224 g/mol. The molecule has 1 aromatic rings. The molecule has 2 atom stereocenters. The Morgan fingerprint density at radius 2 is 2.41 bits per heavy atom. The fourth-order valence-corrected chi connectivity index (χ4v) is 1.86. The van der Waals surface area contributed by atoms with Crippen LogP contribution in [0.5, 0.6) is 0 Å². The lowest BCUT2D eigenvalue weighted by Crippen LogP contribution is -2.08. The first-order valence-corrected chi connectivity index (χ1v) is 5.66. The molecule has 0 bridgehead atoms. The Hall–Kier alpha value is -1.56. The van der Waals surface area contributed by atoms with Crippen LogP contribution in [0.25, 0.3) is 0 Å². The van der Waals surface area contributed by atoms with Crippen LogP contribution in [0.3, 0.4) is 0 Å². The highest BCUT2D eigenvalue weighted by molar-refractivity contribution is 5.91. The molecule has 2 unspecified atom stereocenters. The van der Waals surface area contributed by atoms with E-state index in [1.165, 1.54) is 0 Å². The maximum Gasteiger partial charge on any atom is 0.362 e. The molecule has 0 aromatic carbocycles. The fourth-order valence-electron chi connectivity index (χ4n) is 1.86. The lowest BCUT2D eigenvalue weighted by atomic mass is 10.1. The van der Waals surface area contributed by atoms with E-state index in [9.17, 15) is 4.79 Å². The van der Waals surface area contributed by atoms with E-state index in [1.54, 1.807) is 6.92 Å². The van der Waals surface area contributed by atoms with Gasteiger partial charge in [-0.15, -0.1) is 0 Å². The van der Waals surface area contributed by atoms with Crippen molar-refractivity contribution in [2.45, 2.75) is 32.3 Å². The predicted molar refractivity (Wildman–Crippen MR) is 59.6 cm³/mol. The van der Waals surface area contributed by atoms with E-state index in [0.717, 1.165) is 6.42 Å². The largest absolute Gasteiger partial charge is 0.461 e. The van der Waals surface area contributed by atoms with Gasteiger partial charge in [0.05, 0.1) is 25.2 Å². The Kier molecular flexibility index (Phi) is 3.33. The first kappa shape index (κ1) is 11.9. The number of anilines is 1. The summed E-state index contributed by atoms with van der Waals surface area (Å²) in [4.78, 5) is 15.6. The van der Waals surface area contributed by atoms with E-state index < -0.39 is 5.97 Å². The molecule has 1 aliphatic heterocycles. The molecule has 0 radical (unpaired) electrons. The van der Waals surface area contributed by atoms with Crippen LogP contribution < -0.4 is 5.73 Å². The van der Waals surface area contributed by atoms with Gasteiger partial charge in [0.15, 0.2) is 0 Å². The van der Waals surface area contributed by atoms with Crippen molar-refractivity contribution < 1.29 is 18.7 Å². The van der Waals surface area contributed by atoms with Crippen LogP contribution in [-0.2, 0) is 9.47 Å². The SMILES string of the molecule is CCOC(=O)c1nc(C2COC(C)C2)oc1N. The number of rotatable bonds is 3. The van der Waals surface area contributed by atoms with Crippen molar-refractivity contribution in [1.82, 2.24) is 4.98 Å². The number of hydrogen-bond donors (Lipinski definition) is 1. The average Bonchev–Trinajstić information content (AvgIpc) is 2.85. The van der Waals surface area contributed by atoms with Crippen LogP contribution >= 0.6 is 0 Å². The molecule has 1 fully saturated rings. The Labute approximate surface area is 99.1 Å². The van der Waals surface area contributed by atoms with Crippen LogP contribution in [0.1, 0.15) is 42.6 Å². The van der Waals surface area contributed by atoms with Crippen molar-refractivity contribution in [3.8, 4) is 0 Å². The van der Waals surface area contributed by atoms with E-state index in [1.807, 2.05) is 6.92 Å². The average molecular weight is 240 g/mol. The second kappa shape index (κ2) is 4.75. The quantitative estimate of drug-likeness (QED) is 0.802. The van der Waals surface area contributed by atoms with Crippen LogP contribution in [0.15, 0.2) is 4.42 Å². The standard InChI is InChI=1S/C11H16N2O4/c1-3-15-11(14)8-9(12)17-10(13-8)7-4-6(2)16-5-7/h6-7H,3-5,12H2,1-2H3. The highest BCUT2D eigenvalue weighted by Crippen LogP contribution is 2.30. The second-order valence-electron chi connectivity index (χ2n) is 4.06. The van der Waals surface area contributed by atoms with Gasteiger partial charge in [-0.05, 0) is 20.3 Å². The van der Waals surface area contributed by atoms with E-state index in [-0.39, 0.29) is 30.2 Å². The van der Waals surface area contributed by atoms with Gasteiger partial charge in [-0.2, -0.15) is 0 Å². The number of nitrogens with two attached hydrogens (primary N) is 1. The van der Waals surface area contributed by atoms with Crippen LogP contribution in [-0.4, -0.2) is 30.3 Å². The first-order chi connectivity index (χ1) is 8.11. The maximum atomic E-state index is 11.5. The molecule has 1 aliphatic rings. The van der Waals surface area contributed by atoms with Crippen LogP contribution in [0, 0.1) is 0 Å². The van der Waals surface area contributed by atoms with Gasteiger partial charge in [-0.1, -0.05) is 0 Å². The summed E-state index contributed by atoms with van der Waals surface area (Å²) in [6, 6.07) is 0. The number of nitrogen functional groups attached to an aromatic ring is 1. The Morgan fingerprint density at radius 1 is 1.65 bits per heavy atom. The highest BCUT2D eigenvalue weighted by atomic mass is 16.5. The molecule has 0 aliphatic carbocycles. The monoisotopic (exact) mass is 240 g/mol. The zero-order chi connectivity index (χ0) is 12.4. The number of esters is 1. The van der Waals surface area contributed by atoms with Gasteiger partial charge in [0.1, 0.15) is 0 Å². The summed E-state index contributed by atoms with van der Waals surface area (Å²) in [5, 5.41) is 0. The topological polar surface area (TPSA) is 87.6 Å². The smallest absolute Gasteiger partial charge is 0.362 e. The predicted octanol–water partition coefficient (Wildman–Crippen LogP) is 1.33. The molecule has 2 N–H and O–H groups in total. The van der Waals surface area contributed by atoms with Gasteiger partial charge in [-0.25, -0.2) is 9.78 Å². The van der Waals surface area contributed by atoms with Crippen molar-refractivity contribution in [3.63, 3.8) is 0 Å². The third-order valence-electron chi connectivity index (χ3n) is 2.69. The van der Waals surface area contributed by atoms with Gasteiger partial charge in [0.25, 0.3) is 0 Å². The number of hydrogen-bond acceptors (Lipinski definition) is 6. The Morgan fingerprint density at radius 3 is 3.00 bits per heavy atom. The fraction of sp³-hybridized carbons (Fsp3) is 0.636. The van der Waals surface area contributed by atoms with E-state index in [4.69, 9.17) is 19.6 Å². The summed E-state index contributed by atoms with van der Waals surface area (Å²) in [6.45, 7) is 4.54. The van der Waals surface area contributed by atoms with E-state index >= 15 is 0 Å². The third kappa shape index (κ3) is 2.41. The molecule has 1 saturated heterocycles. The summed E-state index contributed by atoms with van der Waals surface area (Å²) in [5.41, 5.74) is 5.66. The molecule has 2 rings (SSSR count). The van der Waals surface area contributed by atoms with E-state index in [2.05, 4.69) is 4.98 Å². The molecular formula is C11H16N2O4. The zero-order valence-corrected chi connectivity index (χ0v) is 9.93. The van der Waals surface area contributed by atoms with Gasteiger partial charge in [-0.3, -0.25) is 0 Å². The van der Waals surface area contributed by atoms with Crippen molar-refractivity contribution in [2.75, 3.05) is 18.9 Å². The van der Waals surface area contributed by atoms with Gasteiger partial charge >= 0.3 is 5.97 Å². The van der Waals surface area contributed by atoms with Crippen molar-refractivity contribution in [2.24, 2.45) is 0 Å². The number of aromatic nitrogens is 1. The summed E-state index contributed by atoms with van der Waals surface area (Å²) in [5.74, 6) is -0.0182. The second-order valence-corrected chi connectivity index (χ2v) is 4.06. The molecule has 0 saturated carbocycles.